The van der Waals surface area contributed by atoms with Gasteiger partial charge in [-0.1, -0.05) is 28.1 Å². The summed E-state index contributed by atoms with van der Waals surface area (Å²) < 4.78 is 16.3. The Bertz CT molecular complexity index is 741. The third-order valence-corrected chi connectivity index (χ3v) is 3.49. The number of halogens is 2. The van der Waals surface area contributed by atoms with Crippen molar-refractivity contribution in [2.45, 2.75) is 13.1 Å². The van der Waals surface area contributed by atoms with Gasteiger partial charge in [-0.25, -0.2) is 4.39 Å². The summed E-state index contributed by atoms with van der Waals surface area (Å²) in [5.41, 5.74) is 1.43. The molecule has 0 saturated carbocycles. The van der Waals surface area contributed by atoms with Gasteiger partial charge in [-0.2, -0.15) is 0 Å². The maximum Gasteiger partial charge on any atom is 0.160 e. The van der Waals surface area contributed by atoms with E-state index < -0.39 is 0 Å². The summed E-state index contributed by atoms with van der Waals surface area (Å²) in [6.07, 6.45) is 1.91. The number of aromatic nitrogens is 3. The van der Waals surface area contributed by atoms with Gasteiger partial charge in [0.25, 0.3) is 0 Å². The Hall–Kier alpha value is -1.79. The largest absolute Gasteiger partial charge is 0.306 e. The molecule has 0 aliphatic carbocycles. The minimum atomic E-state index is -0.224. The van der Waals surface area contributed by atoms with E-state index in [1.807, 2.05) is 34.9 Å². The summed E-state index contributed by atoms with van der Waals surface area (Å²) in [6, 6.07) is 10.8. The quantitative estimate of drug-likeness (QED) is 0.797. The van der Waals surface area contributed by atoms with E-state index in [1.165, 1.54) is 6.07 Å². The summed E-state index contributed by atoms with van der Waals surface area (Å²) in [7, 11) is 0. The van der Waals surface area contributed by atoms with Crippen molar-refractivity contribution < 1.29 is 4.39 Å². The Morgan fingerprint density at radius 2 is 2.05 bits per heavy atom. The van der Waals surface area contributed by atoms with Gasteiger partial charge in [0.15, 0.2) is 11.5 Å². The van der Waals surface area contributed by atoms with Crippen LogP contribution in [0.15, 0.2) is 47.1 Å². The predicted molar refractivity (Wildman–Crippen MR) is 77.6 cm³/mol. The third-order valence-electron chi connectivity index (χ3n) is 3.00. The van der Waals surface area contributed by atoms with E-state index in [2.05, 4.69) is 31.4 Å². The van der Waals surface area contributed by atoms with Gasteiger partial charge in [-0.3, -0.25) is 4.40 Å². The fourth-order valence-electron chi connectivity index (χ4n) is 1.99. The van der Waals surface area contributed by atoms with Crippen LogP contribution in [-0.4, -0.2) is 14.6 Å². The molecule has 0 aliphatic heterocycles. The Labute approximate surface area is 123 Å². The van der Waals surface area contributed by atoms with Gasteiger partial charge in [0, 0.05) is 22.8 Å². The summed E-state index contributed by atoms with van der Waals surface area (Å²) in [5.74, 6) is 0.580. The van der Waals surface area contributed by atoms with Gasteiger partial charge in [-0.05, 0) is 24.3 Å². The van der Waals surface area contributed by atoms with Gasteiger partial charge >= 0.3 is 0 Å². The molecule has 2 heterocycles. The Morgan fingerprint density at radius 3 is 2.90 bits per heavy atom. The molecule has 3 rings (SSSR count). The molecule has 4 nitrogen and oxygen atoms in total. The van der Waals surface area contributed by atoms with Gasteiger partial charge in [0.1, 0.15) is 5.82 Å². The first-order chi connectivity index (χ1) is 9.74. The molecule has 0 amide bonds. The zero-order valence-corrected chi connectivity index (χ0v) is 12.1. The van der Waals surface area contributed by atoms with Crippen LogP contribution in [-0.2, 0) is 13.1 Å². The second kappa shape index (κ2) is 5.68. The molecule has 0 spiro atoms. The van der Waals surface area contributed by atoms with E-state index in [9.17, 15) is 4.39 Å². The molecule has 3 aromatic rings. The molecule has 0 unspecified atom stereocenters. The predicted octanol–water partition coefficient (Wildman–Crippen LogP) is 2.92. The number of fused-ring (bicyclic) bond motifs is 1. The van der Waals surface area contributed by atoms with Crippen LogP contribution < -0.4 is 5.32 Å². The maximum atomic E-state index is 13.7. The third kappa shape index (κ3) is 2.71. The maximum absolute atomic E-state index is 13.7. The summed E-state index contributed by atoms with van der Waals surface area (Å²) in [6.45, 7) is 0.974. The fourth-order valence-corrected chi connectivity index (χ4v) is 2.32. The number of pyridine rings is 1. The Kier molecular flexibility index (Phi) is 3.75. The number of hydrogen-bond donors (Lipinski definition) is 1. The van der Waals surface area contributed by atoms with Crippen molar-refractivity contribution in [2.75, 3.05) is 0 Å². The van der Waals surface area contributed by atoms with Crippen molar-refractivity contribution in [1.82, 2.24) is 19.9 Å². The van der Waals surface area contributed by atoms with Crippen LogP contribution in [0.1, 0.15) is 11.4 Å². The van der Waals surface area contributed by atoms with Crippen LogP contribution in [0.4, 0.5) is 4.39 Å². The van der Waals surface area contributed by atoms with Crippen molar-refractivity contribution in [2.24, 2.45) is 0 Å². The molecule has 2 aromatic heterocycles. The number of nitrogens with one attached hydrogen (secondary N) is 1. The monoisotopic (exact) mass is 334 g/mol. The van der Waals surface area contributed by atoms with Gasteiger partial charge in [0.05, 0.1) is 6.54 Å². The van der Waals surface area contributed by atoms with E-state index in [4.69, 9.17) is 0 Å². The summed E-state index contributed by atoms with van der Waals surface area (Å²) in [5, 5.41) is 11.4. The molecular formula is C14H12BrFN4. The fraction of sp³-hybridized carbons (Fsp3) is 0.143. The first-order valence-corrected chi connectivity index (χ1v) is 6.96. The molecular weight excluding hydrogens is 323 g/mol. The standard InChI is InChI=1S/C14H12BrFN4/c15-11-5-4-10(12(16)7-11)8-17-9-14-19-18-13-3-1-2-6-20(13)14/h1-7,17H,8-9H2. The van der Waals surface area contributed by atoms with Crippen LogP contribution in [0.3, 0.4) is 0 Å². The number of hydrogen-bond acceptors (Lipinski definition) is 3. The normalized spacial score (nSPS) is 11.1. The highest BCUT2D eigenvalue weighted by atomic mass is 79.9. The molecule has 6 heteroatoms. The van der Waals surface area contributed by atoms with Gasteiger partial charge in [-0.15, -0.1) is 10.2 Å². The van der Waals surface area contributed by atoms with Gasteiger partial charge < -0.3 is 5.32 Å². The van der Waals surface area contributed by atoms with Crippen molar-refractivity contribution in [3.05, 3.63) is 64.3 Å². The second-order valence-corrected chi connectivity index (χ2v) is 5.30. The Morgan fingerprint density at radius 1 is 1.15 bits per heavy atom. The van der Waals surface area contributed by atoms with Crippen molar-refractivity contribution >= 4 is 21.6 Å². The molecule has 0 fully saturated rings. The molecule has 0 bridgehead atoms. The molecule has 1 N–H and O–H groups in total. The zero-order chi connectivity index (χ0) is 13.9. The van der Waals surface area contributed by atoms with Crippen LogP contribution in [0.5, 0.6) is 0 Å². The lowest BCUT2D eigenvalue weighted by molar-refractivity contribution is 0.581. The van der Waals surface area contributed by atoms with E-state index >= 15 is 0 Å². The highest BCUT2D eigenvalue weighted by Gasteiger charge is 2.05. The van der Waals surface area contributed by atoms with Crippen molar-refractivity contribution in [1.29, 1.82) is 0 Å². The Balaban J connectivity index is 1.68. The van der Waals surface area contributed by atoms with E-state index in [-0.39, 0.29) is 5.82 Å². The van der Waals surface area contributed by atoms with Crippen LogP contribution in [0.25, 0.3) is 5.65 Å². The average Bonchev–Trinajstić information content (AvgIpc) is 2.85. The molecule has 102 valence electrons. The lowest BCUT2D eigenvalue weighted by Gasteiger charge is -2.05. The first kappa shape index (κ1) is 13.2. The first-order valence-electron chi connectivity index (χ1n) is 6.17. The van der Waals surface area contributed by atoms with Crippen LogP contribution in [0, 0.1) is 5.82 Å². The molecule has 0 aliphatic rings. The smallest absolute Gasteiger partial charge is 0.160 e. The van der Waals surface area contributed by atoms with Crippen molar-refractivity contribution in [3.63, 3.8) is 0 Å². The van der Waals surface area contributed by atoms with E-state index in [0.29, 0.717) is 18.7 Å². The molecule has 0 atom stereocenters. The number of rotatable bonds is 4. The minimum absolute atomic E-state index is 0.224. The van der Waals surface area contributed by atoms with Crippen LogP contribution in [0.2, 0.25) is 0 Å². The van der Waals surface area contributed by atoms with Crippen LogP contribution >= 0.6 is 15.9 Å². The SMILES string of the molecule is Fc1cc(Br)ccc1CNCc1nnc2ccccn12. The number of benzene rings is 1. The average molecular weight is 335 g/mol. The lowest BCUT2D eigenvalue weighted by Crippen LogP contribution is -2.15. The molecule has 0 radical (unpaired) electrons. The summed E-state index contributed by atoms with van der Waals surface area (Å²) in [4.78, 5) is 0. The minimum Gasteiger partial charge on any atom is -0.306 e. The second-order valence-electron chi connectivity index (χ2n) is 4.38. The molecule has 1 aromatic carbocycles. The zero-order valence-electron chi connectivity index (χ0n) is 10.6. The van der Waals surface area contributed by atoms with Gasteiger partial charge in [0.2, 0.25) is 0 Å². The lowest BCUT2D eigenvalue weighted by atomic mass is 10.2. The molecule has 0 saturated heterocycles. The van der Waals surface area contributed by atoms with Crippen molar-refractivity contribution in [3.8, 4) is 0 Å². The summed E-state index contributed by atoms with van der Waals surface area (Å²) >= 11 is 3.24. The number of nitrogens with zero attached hydrogens (tertiary/aromatic N) is 3. The molecule has 20 heavy (non-hydrogen) atoms. The van der Waals surface area contributed by atoms with E-state index in [0.717, 1.165) is 15.9 Å². The topological polar surface area (TPSA) is 42.2 Å². The highest BCUT2D eigenvalue weighted by Crippen LogP contribution is 2.15. The van der Waals surface area contributed by atoms with E-state index in [1.54, 1.807) is 6.07 Å². The highest BCUT2D eigenvalue weighted by molar-refractivity contribution is 9.10.